The average Bonchev–Trinajstić information content (AvgIpc) is 2.19. The van der Waals surface area contributed by atoms with E-state index in [1.54, 1.807) is 0 Å². The van der Waals surface area contributed by atoms with Crippen LogP contribution in [0.2, 0.25) is 0 Å². The van der Waals surface area contributed by atoms with Crippen molar-refractivity contribution in [2.45, 2.75) is 12.6 Å². The van der Waals surface area contributed by atoms with Crippen LogP contribution in [0.15, 0.2) is 18.2 Å². The molecule has 0 bridgehead atoms. The molecule has 0 atom stereocenters. The number of benzene rings is 1. The van der Waals surface area contributed by atoms with Crippen LogP contribution in [0, 0.1) is 11.8 Å². The van der Waals surface area contributed by atoms with Crippen LogP contribution in [0.4, 0.5) is 13.2 Å². The van der Waals surface area contributed by atoms with Gasteiger partial charge in [0.15, 0.2) is 0 Å². The number of alkyl halides is 4. The lowest BCUT2D eigenvalue weighted by molar-refractivity contribution is -0.138. The molecular weight excluding hydrogens is 241 g/mol. The van der Waals surface area contributed by atoms with E-state index < -0.39 is 17.5 Å². The van der Waals surface area contributed by atoms with Gasteiger partial charge in [0.05, 0.1) is 5.56 Å². The van der Waals surface area contributed by atoms with Gasteiger partial charge in [-0.15, -0.1) is 11.6 Å². The third kappa shape index (κ3) is 3.35. The standard InChI is InChI=1S/C11H8ClF3O/c12-6-2-1-3-8-4-5-10(16)9(7-8)11(13,14)15/h4-5,7,16H,2,6H2. The third-order valence-electron chi connectivity index (χ3n) is 1.75. The van der Waals surface area contributed by atoms with Crippen LogP contribution < -0.4 is 0 Å². The molecule has 0 heterocycles. The molecule has 86 valence electrons. The Balaban J connectivity index is 3.05. The monoisotopic (exact) mass is 248 g/mol. The maximum Gasteiger partial charge on any atom is 0.419 e. The Kier molecular flexibility index (Phi) is 4.08. The van der Waals surface area contributed by atoms with Gasteiger partial charge in [0.1, 0.15) is 5.75 Å². The molecule has 0 saturated heterocycles. The fraction of sp³-hybridized carbons (Fsp3) is 0.273. The molecule has 1 aromatic carbocycles. The minimum absolute atomic E-state index is 0.204. The maximum absolute atomic E-state index is 12.4. The van der Waals surface area contributed by atoms with Crippen molar-refractivity contribution >= 4 is 11.6 Å². The fourth-order valence-electron chi connectivity index (χ4n) is 1.05. The topological polar surface area (TPSA) is 20.2 Å². The van der Waals surface area contributed by atoms with Gasteiger partial charge in [-0.2, -0.15) is 13.2 Å². The largest absolute Gasteiger partial charge is 0.507 e. The fourth-order valence-corrected chi connectivity index (χ4v) is 1.15. The summed E-state index contributed by atoms with van der Waals surface area (Å²) < 4.78 is 37.2. The van der Waals surface area contributed by atoms with Gasteiger partial charge < -0.3 is 5.11 Å². The first kappa shape index (κ1) is 12.7. The Labute approximate surface area is 95.8 Å². The molecule has 0 fully saturated rings. The number of rotatable bonds is 1. The molecule has 0 saturated carbocycles. The lowest BCUT2D eigenvalue weighted by atomic mass is 10.1. The number of hydrogen-bond donors (Lipinski definition) is 1. The lowest BCUT2D eigenvalue weighted by Gasteiger charge is -2.08. The molecule has 1 nitrogen and oxygen atoms in total. The number of phenolic OH excluding ortho intramolecular Hbond substituents is 1. The summed E-state index contributed by atoms with van der Waals surface area (Å²) in [6, 6.07) is 3.12. The first-order valence-corrected chi connectivity index (χ1v) is 4.93. The van der Waals surface area contributed by atoms with Crippen LogP contribution in [0.1, 0.15) is 17.5 Å². The van der Waals surface area contributed by atoms with E-state index in [1.165, 1.54) is 6.07 Å². The van der Waals surface area contributed by atoms with Crippen molar-refractivity contribution in [1.82, 2.24) is 0 Å². The highest BCUT2D eigenvalue weighted by molar-refractivity contribution is 6.18. The molecule has 0 aliphatic heterocycles. The molecule has 1 N–H and O–H groups in total. The first-order chi connectivity index (χ1) is 7.45. The van der Waals surface area contributed by atoms with Gasteiger partial charge in [-0.3, -0.25) is 0 Å². The summed E-state index contributed by atoms with van der Waals surface area (Å²) in [7, 11) is 0. The van der Waals surface area contributed by atoms with Crippen LogP contribution in [-0.2, 0) is 6.18 Å². The van der Waals surface area contributed by atoms with E-state index in [4.69, 9.17) is 16.7 Å². The van der Waals surface area contributed by atoms with Crippen molar-refractivity contribution in [3.63, 3.8) is 0 Å². The predicted molar refractivity (Wildman–Crippen MR) is 55.3 cm³/mol. The molecule has 0 aliphatic carbocycles. The maximum atomic E-state index is 12.4. The molecule has 0 radical (unpaired) electrons. The van der Waals surface area contributed by atoms with Crippen LogP contribution in [0.3, 0.4) is 0 Å². The SMILES string of the molecule is Oc1ccc(C#CCCCl)cc1C(F)(F)F. The summed E-state index contributed by atoms with van der Waals surface area (Å²) in [4.78, 5) is 0. The van der Waals surface area contributed by atoms with Crippen molar-refractivity contribution in [2.24, 2.45) is 0 Å². The summed E-state index contributed by atoms with van der Waals surface area (Å²) in [6.07, 6.45) is -4.17. The molecule has 0 unspecified atom stereocenters. The van der Waals surface area contributed by atoms with Crippen molar-refractivity contribution in [3.8, 4) is 17.6 Å². The second kappa shape index (κ2) is 5.13. The number of hydrogen-bond acceptors (Lipinski definition) is 1. The summed E-state index contributed by atoms with van der Waals surface area (Å²) in [5.74, 6) is 4.69. The molecule has 0 amide bonds. The Morgan fingerprint density at radius 2 is 2.00 bits per heavy atom. The molecule has 1 aromatic rings. The number of aromatic hydroxyl groups is 1. The highest BCUT2D eigenvalue weighted by Gasteiger charge is 2.33. The van der Waals surface area contributed by atoms with Crippen molar-refractivity contribution in [3.05, 3.63) is 29.3 Å². The minimum Gasteiger partial charge on any atom is -0.507 e. The van der Waals surface area contributed by atoms with E-state index in [-0.39, 0.29) is 5.56 Å². The average molecular weight is 249 g/mol. The van der Waals surface area contributed by atoms with E-state index in [1.807, 2.05) is 0 Å². The first-order valence-electron chi connectivity index (χ1n) is 4.40. The molecule has 1 rings (SSSR count). The number of halogens is 4. The molecule has 5 heteroatoms. The van der Waals surface area contributed by atoms with Gasteiger partial charge in [-0.05, 0) is 18.2 Å². The Morgan fingerprint density at radius 3 is 2.56 bits per heavy atom. The van der Waals surface area contributed by atoms with Gasteiger partial charge >= 0.3 is 6.18 Å². The molecule has 16 heavy (non-hydrogen) atoms. The summed E-state index contributed by atoms with van der Waals surface area (Å²) >= 11 is 5.37. The minimum atomic E-state index is -4.58. The van der Waals surface area contributed by atoms with Gasteiger partial charge in [0.25, 0.3) is 0 Å². The van der Waals surface area contributed by atoms with Crippen LogP contribution in [0.5, 0.6) is 5.75 Å². The van der Waals surface area contributed by atoms with E-state index in [0.29, 0.717) is 12.3 Å². The molecule has 0 aliphatic rings. The van der Waals surface area contributed by atoms with Crippen molar-refractivity contribution in [2.75, 3.05) is 5.88 Å². The molecule has 0 spiro atoms. The Bertz CT molecular complexity index is 429. The quantitative estimate of drug-likeness (QED) is 0.597. The van der Waals surface area contributed by atoms with Gasteiger partial charge in [0, 0.05) is 17.9 Å². The second-order valence-corrected chi connectivity index (χ2v) is 3.35. The highest BCUT2D eigenvalue weighted by Crippen LogP contribution is 2.35. The number of phenols is 1. The lowest BCUT2D eigenvalue weighted by Crippen LogP contribution is -2.05. The predicted octanol–water partition coefficient (Wildman–Crippen LogP) is 3.39. The zero-order valence-corrected chi connectivity index (χ0v) is 8.86. The Hall–Kier alpha value is -1.34. The van der Waals surface area contributed by atoms with Crippen LogP contribution >= 0.6 is 11.6 Å². The highest BCUT2D eigenvalue weighted by atomic mass is 35.5. The van der Waals surface area contributed by atoms with Gasteiger partial charge in [-0.25, -0.2) is 0 Å². The summed E-state index contributed by atoms with van der Waals surface area (Å²) in [5, 5.41) is 9.05. The van der Waals surface area contributed by atoms with Gasteiger partial charge in [0.2, 0.25) is 0 Å². The Morgan fingerprint density at radius 1 is 1.31 bits per heavy atom. The van der Waals surface area contributed by atoms with Gasteiger partial charge in [-0.1, -0.05) is 11.8 Å². The van der Waals surface area contributed by atoms with Crippen LogP contribution in [-0.4, -0.2) is 11.0 Å². The van der Waals surface area contributed by atoms with E-state index in [0.717, 1.165) is 12.1 Å². The van der Waals surface area contributed by atoms with E-state index in [9.17, 15) is 13.2 Å². The van der Waals surface area contributed by atoms with E-state index >= 15 is 0 Å². The van der Waals surface area contributed by atoms with Crippen molar-refractivity contribution in [1.29, 1.82) is 0 Å². The van der Waals surface area contributed by atoms with Crippen molar-refractivity contribution < 1.29 is 18.3 Å². The third-order valence-corrected chi connectivity index (χ3v) is 1.94. The van der Waals surface area contributed by atoms with E-state index in [2.05, 4.69) is 11.8 Å². The zero-order valence-electron chi connectivity index (χ0n) is 8.11. The zero-order chi connectivity index (χ0) is 12.2. The van der Waals surface area contributed by atoms with Crippen LogP contribution in [0.25, 0.3) is 0 Å². The molecule has 0 aromatic heterocycles. The smallest absolute Gasteiger partial charge is 0.419 e. The molecular formula is C11H8ClF3O. The summed E-state index contributed by atoms with van der Waals surface area (Å²) in [6.45, 7) is 0. The summed E-state index contributed by atoms with van der Waals surface area (Å²) in [5.41, 5.74) is -0.875. The normalized spacial score (nSPS) is 10.8. The second-order valence-electron chi connectivity index (χ2n) is 2.97.